The molecule has 90 valence electrons. The average Bonchev–Trinajstić information content (AvgIpc) is 2.26. The molecule has 0 radical (unpaired) electrons. The lowest BCUT2D eigenvalue weighted by atomic mass is 9.97. The van der Waals surface area contributed by atoms with E-state index in [0.717, 1.165) is 12.0 Å². The second-order valence-corrected chi connectivity index (χ2v) is 4.76. The van der Waals surface area contributed by atoms with Gasteiger partial charge < -0.3 is 10.2 Å². The molecule has 0 aliphatic rings. The zero-order valence-electron chi connectivity index (χ0n) is 10.4. The van der Waals surface area contributed by atoms with E-state index in [9.17, 15) is 10.2 Å². The van der Waals surface area contributed by atoms with E-state index in [1.807, 2.05) is 25.1 Å². The number of rotatable bonds is 5. The summed E-state index contributed by atoms with van der Waals surface area (Å²) in [7, 11) is 0. The zero-order chi connectivity index (χ0) is 12.1. The lowest BCUT2D eigenvalue weighted by molar-refractivity contribution is 0.0164. The molecule has 0 aromatic heterocycles. The van der Waals surface area contributed by atoms with Crippen LogP contribution in [0.3, 0.4) is 0 Å². The Morgan fingerprint density at radius 1 is 1.19 bits per heavy atom. The Hall–Kier alpha value is -0.860. The van der Waals surface area contributed by atoms with Gasteiger partial charge in [-0.05, 0) is 29.9 Å². The first-order valence-electron chi connectivity index (χ1n) is 5.99. The number of hydrogen-bond acceptors (Lipinski definition) is 2. The highest BCUT2D eigenvalue weighted by Crippen LogP contribution is 2.21. The molecule has 0 spiro atoms. The Balaban J connectivity index is 2.81. The summed E-state index contributed by atoms with van der Waals surface area (Å²) in [5, 5.41) is 19.5. The molecule has 0 fully saturated rings. The normalized spacial score (nSPS) is 15.1. The van der Waals surface area contributed by atoms with Crippen LogP contribution in [0.4, 0.5) is 0 Å². The third kappa shape index (κ3) is 3.62. The van der Waals surface area contributed by atoms with Crippen molar-refractivity contribution in [2.75, 3.05) is 0 Å². The quantitative estimate of drug-likeness (QED) is 0.804. The van der Waals surface area contributed by atoms with Gasteiger partial charge in [0, 0.05) is 0 Å². The Bertz CT molecular complexity index is 320. The summed E-state index contributed by atoms with van der Waals surface area (Å²) in [4.78, 5) is 0. The number of hydrogen-bond donors (Lipinski definition) is 2. The molecule has 0 amide bonds. The van der Waals surface area contributed by atoms with Crippen LogP contribution >= 0.6 is 0 Å². The van der Waals surface area contributed by atoms with Crippen molar-refractivity contribution in [3.05, 3.63) is 35.4 Å². The van der Waals surface area contributed by atoms with Gasteiger partial charge in [-0.1, -0.05) is 45.0 Å². The van der Waals surface area contributed by atoms with Crippen molar-refractivity contribution in [2.45, 2.75) is 45.8 Å². The van der Waals surface area contributed by atoms with E-state index in [4.69, 9.17) is 0 Å². The molecule has 2 N–H and O–H groups in total. The topological polar surface area (TPSA) is 40.5 Å². The smallest absolute Gasteiger partial charge is 0.105 e. The summed E-state index contributed by atoms with van der Waals surface area (Å²) < 4.78 is 0. The highest BCUT2D eigenvalue weighted by atomic mass is 16.3. The number of aliphatic hydroxyl groups excluding tert-OH is 2. The Morgan fingerprint density at radius 2 is 1.88 bits per heavy atom. The molecule has 1 rings (SSSR count). The van der Waals surface area contributed by atoms with Crippen molar-refractivity contribution in [3.8, 4) is 0 Å². The Kier molecular flexibility index (Phi) is 4.97. The van der Waals surface area contributed by atoms with E-state index >= 15 is 0 Å². The SMILES string of the molecule is CCC(O)C(O)c1cccc(CC(C)C)c1. The predicted molar refractivity (Wildman–Crippen MR) is 66.2 cm³/mol. The Morgan fingerprint density at radius 3 is 2.44 bits per heavy atom. The van der Waals surface area contributed by atoms with Gasteiger partial charge in [-0.25, -0.2) is 0 Å². The van der Waals surface area contributed by atoms with E-state index in [-0.39, 0.29) is 0 Å². The van der Waals surface area contributed by atoms with E-state index in [1.54, 1.807) is 0 Å². The van der Waals surface area contributed by atoms with Crippen LogP contribution in [0.5, 0.6) is 0 Å². The highest BCUT2D eigenvalue weighted by Gasteiger charge is 2.16. The largest absolute Gasteiger partial charge is 0.390 e. The number of benzene rings is 1. The summed E-state index contributed by atoms with van der Waals surface area (Å²) in [5.74, 6) is 0.600. The van der Waals surface area contributed by atoms with Gasteiger partial charge in [0.15, 0.2) is 0 Å². The predicted octanol–water partition coefficient (Wildman–Crippen LogP) is 2.69. The average molecular weight is 222 g/mol. The molecule has 0 aliphatic carbocycles. The fourth-order valence-corrected chi connectivity index (χ4v) is 1.82. The van der Waals surface area contributed by atoms with Gasteiger partial charge in [0.1, 0.15) is 6.10 Å². The molecule has 0 heterocycles. The monoisotopic (exact) mass is 222 g/mol. The summed E-state index contributed by atoms with van der Waals surface area (Å²) in [6.07, 6.45) is 0.129. The van der Waals surface area contributed by atoms with Gasteiger partial charge in [0.2, 0.25) is 0 Å². The molecule has 0 aliphatic heterocycles. The van der Waals surface area contributed by atoms with Gasteiger partial charge >= 0.3 is 0 Å². The van der Waals surface area contributed by atoms with Crippen LogP contribution in [0.1, 0.15) is 44.4 Å². The van der Waals surface area contributed by atoms with Gasteiger partial charge in [-0.2, -0.15) is 0 Å². The first-order chi connectivity index (χ1) is 7.54. The lowest BCUT2D eigenvalue weighted by Crippen LogP contribution is -2.17. The molecule has 2 nitrogen and oxygen atoms in total. The molecular formula is C14H22O2. The standard InChI is InChI=1S/C14H22O2/c1-4-13(15)14(16)12-7-5-6-11(9-12)8-10(2)3/h5-7,9-10,13-16H,4,8H2,1-3H3. The molecule has 1 aromatic carbocycles. The summed E-state index contributed by atoms with van der Waals surface area (Å²) in [6.45, 7) is 6.21. The number of aliphatic hydroxyl groups is 2. The molecule has 1 aromatic rings. The molecule has 0 saturated heterocycles. The van der Waals surface area contributed by atoms with Gasteiger partial charge in [-0.15, -0.1) is 0 Å². The lowest BCUT2D eigenvalue weighted by Gasteiger charge is -2.17. The minimum atomic E-state index is -0.767. The molecule has 16 heavy (non-hydrogen) atoms. The minimum absolute atomic E-state index is 0.565. The molecule has 0 saturated carbocycles. The maximum atomic E-state index is 9.90. The van der Waals surface area contributed by atoms with Crippen molar-refractivity contribution in [1.82, 2.24) is 0 Å². The van der Waals surface area contributed by atoms with Crippen molar-refractivity contribution in [2.24, 2.45) is 5.92 Å². The maximum absolute atomic E-state index is 9.90. The third-order valence-corrected chi connectivity index (χ3v) is 2.72. The van der Waals surface area contributed by atoms with E-state index in [0.29, 0.717) is 12.3 Å². The zero-order valence-corrected chi connectivity index (χ0v) is 10.4. The highest BCUT2D eigenvalue weighted by molar-refractivity contribution is 5.26. The molecular weight excluding hydrogens is 200 g/mol. The van der Waals surface area contributed by atoms with E-state index in [2.05, 4.69) is 19.9 Å². The van der Waals surface area contributed by atoms with Crippen LogP contribution in [0, 0.1) is 5.92 Å². The Labute approximate surface area is 97.9 Å². The van der Waals surface area contributed by atoms with Crippen LogP contribution in [-0.2, 0) is 6.42 Å². The van der Waals surface area contributed by atoms with Crippen LogP contribution in [0.15, 0.2) is 24.3 Å². The van der Waals surface area contributed by atoms with Crippen LogP contribution in [0.25, 0.3) is 0 Å². The van der Waals surface area contributed by atoms with Crippen LogP contribution < -0.4 is 0 Å². The maximum Gasteiger partial charge on any atom is 0.105 e. The van der Waals surface area contributed by atoms with Crippen molar-refractivity contribution >= 4 is 0 Å². The van der Waals surface area contributed by atoms with E-state index in [1.165, 1.54) is 5.56 Å². The van der Waals surface area contributed by atoms with Gasteiger partial charge in [0.25, 0.3) is 0 Å². The second kappa shape index (κ2) is 6.02. The van der Waals surface area contributed by atoms with E-state index < -0.39 is 12.2 Å². The third-order valence-electron chi connectivity index (χ3n) is 2.72. The van der Waals surface area contributed by atoms with Crippen molar-refractivity contribution < 1.29 is 10.2 Å². The summed E-state index contributed by atoms with van der Waals surface area (Å²) in [6, 6.07) is 7.87. The summed E-state index contributed by atoms with van der Waals surface area (Å²) in [5.41, 5.74) is 2.03. The molecule has 2 heteroatoms. The molecule has 2 atom stereocenters. The van der Waals surface area contributed by atoms with Gasteiger partial charge in [0.05, 0.1) is 6.10 Å². The minimum Gasteiger partial charge on any atom is -0.390 e. The second-order valence-electron chi connectivity index (χ2n) is 4.76. The van der Waals surface area contributed by atoms with Gasteiger partial charge in [-0.3, -0.25) is 0 Å². The first kappa shape index (κ1) is 13.2. The van der Waals surface area contributed by atoms with Crippen LogP contribution in [-0.4, -0.2) is 16.3 Å². The molecule has 2 unspecified atom stereocenters. The fourth-order valence-electron chi connectivity index (χ4n) is 1.82. The first-order valence-corrected chi connectivity index (χ1v) is 5.99. The fraction of sp³-hybridized carbons (Fsp3) is 0.571. The van der Waals surface area contributed by atoms with Crippen molar-refractivity contribution in [1.29, 1.82) is 0 Å². The molecule has 0 bridgehead atoms. The summed E-state index contributed by atoms with van der Waals surface area (Å²) >= 11 is 0. The van der Waals surface area contributed by atoms with Crippen molar-refractivity contribution in [3.63, 3.8) is 0 Å². The van der Waals surface area contributed by atoms with Crippen LogP contribution in [0.2, 0.25) is 0 Å².